The molecule has 0 saturated carbocycles. The van der Waals surface area contributed by atoms with Crippen LogP contribution >= 0.6 is 0 Å². The third-order valence-electron chi connectivity index (χ3n) is 6.09. The summed E-state index contributed by atoms with van der Waals surface area (Å²) in [5, 5.41) is 5.85. The van der Waals surface area contributed by atoms with Crippen molar-refractivity contribution in [1.29, 1.82) is 0 Å². The molecule has 2 N–H and O–H groups in total. The van der Waals surface area contributed by atoms with Gasteiger partial charge in [-0.1, -0.05) is 36.4 Å². The van der Waals surface area contributed by atoms with Crippen LogP contribution in [0, 0.1) is 0 Å². The number of fused-ring (bicyclic) bond motifs is 2. The lowest BCUT2D eigenvalue weighted by atomic mass is 10.1. The maximum atomic E-state index is 12.4. The zero-order valence-electron chi connectivity index (χ0n) is 17.7. The molecular weight excluding hydrogens is 376 g/mol. The van der Waals surface area contributed by atoms with Gasteiger partial charge in [-0.05, 0) is 49.9 Å². The van der Waals surface area contributed by atoms with Gasteiger partial charge in [0.15, 0.2) is 0 Å². The highest BCUT2D eigenvalue weighted by Crippen LogP contribution is 2.32. The first-order chi connectivity index (χ1) is 14.5. The Labute approximate surface area is 178 Å². The number of anilines is 2. The van der Waals surface area contributed by atoms with Gasteiger partial charge in [0.05, 0.1) is 13.1 Å². The molecule has 6 heteroatoms. The predicted octanol–water partition coefficient (Wildman–Crippen LogP) is 2.12. The van der Waals surface area contributed by atoms with E-state index in [4.69, 9.17) is 0 Å². The highest BCUT2D eigenvalue weighted by atomic mass is 16.2. The quantitative estimate of drug-likeness (QED) is 0.692. The number of rotatable bonds is 7. The van der Waals surface area contributed by atoms with E-state index in [2.05, 4.69) is 58.5 Å². The van der Waals surface area contributed by atoms with Gasteiger partial charge in [-0.3, -0.25) is 9.59 Å². The Morgan fingerprint density at radius 1 is 0.767 bits per heavy atom. The van der Waals surface area contributed by atoms with E-state index in [0.29, 0.717) is 38.3 Å². The molecule has 0 aliphatic carbocycles. The van der Waals surface area contributed by atoms with Gasteiger partial charge in [-0.15, -0.1) is 0 Å². The zero-order valence-corrected chi connectivity index (χ0v) is 17.7. The average molecular weight is 407 g/mol. The van der Waals surface area contributed by atoms with Gasteiger partial charge in [0.1, 0.15) is 0 Å². The monoisotopic (exact) mass is 406 g/mol. The van der Waals surface area contributed by atoms with Crippen LogP contribution in [0.4, 0.5) is 11.4 Å². The van der Waals surface area contributed by atoms with Crippen molar-refractivity contribution in [3.8, 4) is 0 Å². The largest absolute Gasteiger partial charge is 0.359 e. The standard InChI is InChI=1S/C24H30N4O2/c1-17-13-19-7-3-5-9-21(19)27(17)15-23(29)25-11-12-26-24(30)16-28-18(2)14-20-8-4-6-10-22(20)28/h3-10,17-18H,11-16H2,1-2H3,(H,25,29)(H,26,30)/t17-,18-/m0/s1. The Bertz CT molecular complexity index is 853. The fourth-order valence-corrected chi connectivity index (χ4v) is 4.57. The number of carbonyl (C=O) groups is 2. The molecular formula is C24H30N4O2. The maximum Gasteiger partial charge on any atom is 0.239 e. The topological polar surface area (TPSA) is 64.7 Å². The Kier molecular flexibility index (Phi) is 5.93. The van der Waals surface area contributed by atoms with Crippen LogP contribution in [0.15, 0.2) is 48.5 Å². The molecule has 0 fully saturated rings. The first-order valence-corrected chi connectivity index (χ1v) is 10.8. The van der Waals surface area contributed by atoms with E-state index in [1.165, 1.54) is 11.1 Å². The van der Waals surface area contributed by atoms with Gasteiger partial charge in [-0.25, -0.2) is 0 Å². The molecule has 0 saturated heterocycles. The summed E-state index contributed by atoms with van der Waals surface area (Å²) in [6.45, 7) is 5.83. The summed E-state index contributed by atoms with van der Waals surface area (Å²) in [6.07, 6.45) is 1.94. The van der Waals surface area contributed by atoms with Crippen molar-refractivity contribution in [2.24, 2.45) is 0 Å². The Morgan fingerprint density at radius 2 is 1.17 bits per heavy atom. The van der Waals surface area contributed by atoms with Crippen molar-refractivity contribution in [1.82, 2.24) is 10.6 Å². The number of para-hydroxylation sites is 2. The van der Waals surface area contributed by atoms with Crippen molar-refractivity contribution in [3.63, 3.8) is 0 Å². The maximum absolute atomic E-state index is 12.4. The Balaban J connectivity index is 1.19. The average Bonchev–Trinajstić information content (AvgIpc) is 3.22. The summed E-state index contributed by atoms with van der Waals surface area (Å²) >= 11 is 0. The molecule has 0 spiro atoms. The van der Waals surface area contributed by atoms with Crippen LogP contribution in [-0.4, -0.2) is 50.1 Å². The third-order valence-corrected chi connectivity index (χ3v) is 6.09. The molecule has 0 bridgehead atoms. The number of nitrogens with one attached hydrogen (secondary N) is 2. The summed E-state index contributed by atoms with van der Waals surface area (Å²) in [5.74, 6) is -0.0372. The molecule has 2 aliphatic heterocycles. The number of nitrogens with zero attached hydrogens (tertiary/aromatic N) is 2. The van der Waals surface area contributed by atoms with Crippen molar-refractivity contribution in [3.05, 3.63) is 59.7 Å². The molecule has 2 amide bonds. The van der Waals surface area contributed by atoms with E-state index < -0.39 is 0 Å². The number of hydrogen-bond acceptors (Lipinski definition) is 4. The van der Waals surface area contributed by atoms with Gasteiger partial charge < -0.3 is 20.4 Å². The molecule has 2 aromatic carbocycles. The molecule has 2 heterocycles. The molecule has 4 rings (SSSR count). The fraction of sp³-hybridized carbons (Fsp3) is 0.417. The second kappa shape index (κ2) is 8.78. The van der Waals surface area contributed by atoms with Crippen LogP contribution in [0.3, 0.4) is 0 Å². The van der Waals surface area contributed by atoms with Crippen LogP contribution in [0.25, 0.3) is 0 Å². The normalized spacial score (nSPS) is 19.4. The highest BCUT2D eigenvalue weighted by molar-refractivity contribution is 5.84. The molecule has 0 radical (unpaired) electrons. The summed E-state index contributed by atoms with van der Waals surface area (Å²) in [5.41, 5.74) is 4.88. The van der Waals surface area contributed by atoms with Gasteiger partial charge in [0, 0.05) is 36.5 Å². The summed E-state index contributed by atoms with van der Waals surface area (Å²) in [4.78, 5) is 29.1. The lowest BCUT2D eigenvalue weighted by Crippen LogP contribution is -2.44. The van der Waals surface area contributed by atoms with E-state index in [-0.39, 0.29) is 11.8 Å². The summed E-state index contributed by atoms with van der Waals surface area (Å²) in [7, 11) is 0. The lowest BCUT2D eigenvalue weighted by Gasteiger charge is -2.25. The van der Waals surface area contributed by atoms with Crippen molar-refractivity contribution < 1.29 is 9.59 Å². The van der Waals surface area contributed by atoms with Gasteiger partial charge >= 0.3 is 0 Å². The van der Waals surface area contributed by atoms with E-state index in [9.17, 15) is 9.59 Å². The third kappa shape index (κ3) is 4.27. The zero-order chi connectivity index (χ0) is 21.1. The smallest absolute Gasteiger partial charge is 0.239 e. The van der Waals surface area contributed by atoms with Gasteiger partial charge in [0.25, 0.3) is 0 Å². The molecule has 2 atom stereocenters. The molecule has 0 unspecified atom stereocenters. The van der Waals surface area contributed by atoms with Crippen LogP contribution in [0.1, 0.15) is 25.0 Å². The Hall–Kier alpha value is -3.02. The van der Waals surface area contributed by atoms with E-state index >= 15 is 0 Å². The molecule has 6 nitrogen and oxygen atoms in total. The molecule has 2 aromatic rings. The predicted molar refractivity (Wildman–Crippen MR) is 120 cm³/mol. The van der Waals surface area contributed by atoms with Gasteiger partial charge in [0.2, 0.25) is 11.8 Å². The number of hydrogen-bond donors (Lipinski definition) is 2. The summed E-state index contributed by atoms with van der Waals surface area (Å²) in [6, 6.07) is 17.1. The van der Waals surface area contributed by atoms with Crippen molar-refractivity contribution in [2.75, 3.05) is 36.0 Å². The molecule has 158 valence electrons. The first-order valence-electron chi connectivity index (χ1n) is 10.8. The van der Waals surface area contributed by atoms with Crippen molar-refractivity contribution >= 4 is 23.2 Å². The Morgan fingerprint density at radius 3 is 1.60 bits per heavy atom. The first kappa shape index (κ1) is 20.3. The van der Waals surface area contributed by atoms with Gasteiger partial charge in [-0.2, -0.15) is 0 Å². The number of benzene rings is 2. The van der Waals surface area contributed by atoms with E-state index in [1.807, 2.05) is 24.3 Å². The van der Waals surface area contributed by atoms with Crippen molar-refractivity contribution in [2.45, 2.75) is 38.8 Å². The SMILES string of the molecule is C[C@H]1Cc2ccccc2N1CC(=O)NCCNC(=O)CN1c2ccccc2C[C@@H]1C. The minimum Gasteiger partial charge on any atom is -0.359 e. The number of amides is 2. The highest BCUT2D eigenvalue weighted by Gasteiger charge is 2.28. The molecule has 0 aromatic heterocycles. The minimum atomic E-state index is -0.0186. The summed E-state index contributed by atoms with van der Waals surface area (Å²) < 4.78 is 0. The van der Waals surface area contributed by atoms with E-state index in [1.54, 1.807) is 0 Å². The number of carbonyl (C=O) groups excluding carboxylic acids is 2. The minimum absolute atomic E-state index is 0.0186. The van der Waals surface area contributed by atoms with E-state index in [0.717, 1.165) is 24.2 Å². The second-order valence-electron chi connectivity index (χ2n) is 8.32. The van der Waals surface area contributed by atoms with Crippen LogP contribution < -0.4 is 20.4 Å². The second-order valence-corrected chi connectivity index (χ2v) is 8.32. The molecule has 2 aliphatic rings. The fourth-order valence-electron chi connectivity index (χ4n) is 4.57. The van der Waals surface area contributed by atoms with Crippen LogP contribution in [0.5, 0.6) is 0 Å². The van der Waals surface area contributed by atoms with Crippen LogP contribution in [-0.2, 0) is 22.4 Å². The molecule has 30 heavy (non-hydrogen) atoms. The van der Waals surface area contributed by atoms with Crippen LogP contribution in [0.2, 0.25) is 0 Å². The lowest BCUT2D eigenvalue weighted by molar-refractivity contribution is -0.121.